The van der Waals surface area contributed by atoms with E-state index in [-0.39, 0.29) is 12.5 Å². The van der Waals surface area contributed by atoms with Crippen molar-refractivity contribution in [2.24, 2.45) is 0 Å². The average Bonchev–Trinajstić information content (AvgIpc) is 1.98. The monoisotopic (exact) mass is 186 g/mol. The average molecular weight is 186 g/mol. The van der Waals surface area contributed by atoms with Crippen molar-refractivity contribution in [2.75, 3.05) is 20.1 Å². The van der Waals surface area contributed by atoms with E-state index in [0.29, 0.717) is 6.54 Å². The molecule has 0 bridgehead atoms. The Labute approximate surface area is 79.2 Å². The molecule has 1 unspecified atom stereocenters. The van der Waals surface area contributed by atoms with E-state index >= 15 is 0 Å². The molecule has 0 heterocycles. The summed E-state index contributed by atoms with van der Waals surface area (Å²) in [5.74, 6) is -0.0519. The van der Waals surface area contributed by atoms with Crippen LogP contribution in [0.3, 0.4) is 0 Å². The number of carbonyl (C=O) groups excluding carboxylic acids is 1. The van der Waals surface area contributed by atoms with Gasteiger partial charge in [0, 0.05) is 19.3 Å². The van der Waals surface area contributed by atoms with Crippen molar-refractivity contribution in [1.82, 2.24) is 10.2 Å². The van der Waals surface area contributed by atoms with Crippen LogP contribution in [0.1, 0.15) is 13.8 Å². The van der Waals surface area contributed by atoms with Gasteiger partial charge in [0.2, 0.25) is 5.91 Å². The zero-order valence-corrected chi connectivity index (χ0v) is 8.50. The van der Waals surface area contributed by atoms with E-state index in [1.165, 1.54) is 4.90 Å². The molecule has 0 saturated heterocycles. The maximum atomic E-state index is 11.3. The van der Waals surface area contributed by atoms with Crippen molar-refractivity contribution in [3.63, 3.8) is 0 Å². The Balaban J connectivity index is 3.76. The number of aliphatic hydroxyl groups is 1. The smallest absolute Gasteiger partial charge is 0.241 e. The Morgan fingerprint density at radius 1 is 1.69 bits per heavy atom. The molecule has 0 aromatic heterocycles. The van der Waals surface area contributed by atoms with Crippen LogP contribution in [-0.4, -0.2) is 42.2 Å². The van der Waals surface area contributed by atoms with Gasteiger partial charge in [-0.2, -0.15) is 0 Å². The molecule has 76 valence electrons. The molecule has 0 fully saturated rings. The highest BCUT2D eigenvalue weighted by Gasteiger charge is 2.09. The summed E-state index contributed by atoms with van der Waals surface area (Å²) < 4.78 is 0. The van der Waals surface area contributed by atoms with Crippen LogP contribution in [0.2, 0.25) is 0 Å². The molecule has 0 radical (unpaired) electrons. The number of nitrogens with one attached hydrogen (secondary N) is 1. The standard InChI is InChI=1S/C9H18N2O2/c1-7(2)10-5-9(13)11(4)6-8(3)12/h8,10,12H,1,5-6H2,2-4H3. The minimum absolute atomic E-state index is 0.0519. The van der Waals surface area contributed by atoms with E-state index in [1.807, 2.05) is 0 Å². The summed E-state index contributed by atoms with van der Waals surface area (Å²) in [6.07, 6.45) is -0.487. The Hall–Kier alpha value is -1.03. The van der Waals surface area contributed by atoms with Gasteiger partial charge in [0.05, 0.1) is 12.6 Å². The minimum atomic E-state index is -0.487. The fourth-order valence-corrected chi connectivity index (χ4v) is 0.860. The van der Waals surface area contributed by atoms with Crippen LogP contribution in [0.15, 0.2) is 12.3 Å². The molecule has 0 aliphatic rings. The maximum absolute atomic E-state index is 11.3. The third-order valence-electron chi connectivity index (χ3n) is 1.51. The van der Waals surface area contributed by atoms with Crippen LogP contribution in [0.5, 0.6) is 0 Å². The lowest BCUT2D eigenvalue weighted by atomic mass is 10.3. The highest BCUT2D eigenvalue weighted by Crippen LogP contribution is 1.89. The molecule has 2 N–H and O–H groups in total. The molecule has 0 aromatic carbocycles. The number of amides is 1. The number of rotatable bonds is 5. The Bertz CT molecular complexity index is 190. The molecular weight excluding hydrogens is 168 g/mol. The maximum Gasteiger partial charge on any atom is 0.241 e. The van der Waals surface area contributed by atoms with Crippen molar-refractivity contribution in [3.8, 4) is 0 Å². The lowest BCUT2D eigenvalue weighted by Crippen LogP contribution is -2.38. The second-order valence-electron chi connectivity index (χ2n) is 3.26. The first kappa shape index (κ1) is 12.0. The van der Waals surface area contributed by atoms with Crippen LogP contribution in [0, 0.1) is 0 Å². The minimum Gasteiger partial charge on any atom is -0.392 e. The summed E-state index contributed by atoms with van der Waals surface area (Å²) in [6.45, 7) is 7.65. The molecule has 1 atom stereocenters. The number of hydrogen-bond donors (Lipinski definition) is 2. The molecule has 4 nitrogen and oxygen atoms in total. The van der Waals surface area contributed by atoms with Crippen LogP contribution in [0.25, 0.3) is 0 Å². The van der Waals surface area contributed by atoms with E-state index in [0.717, 1.165) is 5.70 Å². The van der Waals surface area contributed by atoms with Crippen LogP contribution < -0.4 is 5.32 Å². The van der Waals surface area contributed by atoms with Crippen molar-refractivity contribution in [1.29, 1.82) is 0 Å². The summed E-state index contributed by atoms with van der Waals surface area (Å²) in [6, 6.07) is 0. The predicted molar refractivity (Wildman–Crippen MR) is 52.1 cm³/mol. The van der Waals surface area contributed by atoms with Crippen molar-refractivity contribution < 1.29 is 9.90 Å². The molecule has 0 spiro atoms. The fourth-order valence-electron chi connectivity index (χ4n) is 0.860. The van der Waals surface area contributed by atoms with E-state index in [9.17, 15) is 4.79 Å². The van der Waals surface area contributed by atoms with Gasteiger partial charge < -0.3 is 15.3 Å². The number of aliphatic hydroxyl groups excluding tert-OH is 1. The lowest BCUT2D eigenvalue weighted by molar-refractivity contribution is -0.129. The van der Waals surface area contributed by atoms with Crippen LogP contribution >= 0.6 is 0 Å². The summed E-state index contributed by atoms with van der Waals surface area (Å²) in [7, 11) is 1.66. The largest absolute Gasteiger partial charge is 0.392 e. The number of nitrogens with zero attached hydrogens (tertiary/aromatic N) is 1. The third-order valence-corrected chi connectivity index (χ3v) is 1.51. The Kier molecular flexibility index (Phi) is 5.14. The first-order valence-corrected chi connectivity index (χ1v) is 4.25. The molecular formula is C9H18N2O2. The van der Waals surface area contributed by atoms with Crippen molar-refractivity contribution in [3.05, 3.63) is 12.3 Å². The normalized spacial score (nSPS) is 12.0. The van der Waals surface area contributed by atoms with Gasteiger partial charge in [0.15, 0.2) is 0 Å². The third kappa shape index (κ3) is 6.16. The molecule has 13 heavy (non-hydrogen) atoms. The second kappa shape index (κ2) is 5.59. The summed E-state index contributed by atoms with van der Waals surface area (Å²) in [5.41, 5.74) is 0.763. The van der Waals surface area contributed by atoms with Gasteiger partial charge in [0.1, 0.15) is 0 Å². The highest BCUT2D eigenvalue weighted by atomic mass is 16.3. The van der Waals surface area contributed by atoms with E-state index in [2.05, 4.69) is 11.9 Å². The van der Waals surface area contributed by atoms with Gasteiger partial charge in [-0.25, -0.2) is 0 Å². The van der Waals surface area contributed by atoms with Gasteiger partial charge in [-0.1, -0.05) is 6.58 Å². The fraction of sp³-hybridized carbons (Fsp3) is 0.667. The molecule has 1 amide bonds. The highest BCUT2D eigenvalue weighted by molar-refractivity contribution is 5.78. The zero-order chi connectivity index (χ0) is 10.4. The van der Waals surface area contributed by atoms with E-state index < -0.39 is 6.10 Å². The number of hydrogen-bond acceptors (Lipinski definition) is 3. The first-order chi connectivity index (χ1) is 5.93. The van der Waals surface area contributed by atoms with E-state index in [1.54, 1.807) is 20.9 Å². The van der Waals surface area contributed by atoms with Gasteiger partial charge in [-0.3, -0.25) is 4.79 Å². The quantitative estimate of drug-likeness (QED) is 0.633. The van der Waals surface area contributed by atoms with Gasteiger partial charge in [-0.05, 0) is 13.8 Å². The van der Waals surface area contributed by atoms with Crippen molar-refractivity contribution in [2.45, 2.75) is 20.0 Å². The molecule has 0 aliphatic carbocycles. The topological polar surface area (TPSA) is 52.6 Å². The van der Waals surface area contributed by atoms with Gasteiger partial charge in [-0.15, -0.1) is 0 Å². The van der Waals surface area contributed by atoms with Crippen LogP contribution in [0.4, 0.5) is 0 Å². The number of likely N-dealkylation sites (N-methyl/N-ethyl adjacent to an activating group) is 1. The molecule has 0 saturated carbocycles. The Morgan fingerprint density at radius 2 is 2.23 bits per heavy atom. The zero-order valence-electron chi connectivity index (χ0n) is 8.50. The van der Waals surface area contributed by atoms with Crippen molar-refractivity contribution >= 4 is 5.91 Å². The van der Waals surface area contributed by atoms with Gasteiger partial charge >= 0.3 is 0 Å². The summed E-state index contributed by atoms with van der Waals surface area (Å²) >= 11 is 0. The number of allylic oxidation sites excluding steroid dienone is 1. The molecule has 0 rings (SSSR count). The lowest BCUT2D eigenvalue weighted by Gasteiger charge is -2.19. The molecule has 0 aliphatic heterocycles. The number of carbonyl (C=O) groups is 1. The summed E-state index contributed by atoms with van der Waals surface area (Å²) in [5, 5.41) is 11.8. The SMILES string of the molecule is C=C(C)NCC(=O)N(C)CC(C)O. The Morgan fingerprint density at radius 3 is 2.62 bits per heavy atom. The first-order valence-electron chi connectivity index (χ1n) is 4.25. The molecule has 4 heteroatoms. The predicted octanol–water partition coefficient (Wildman–Crippen LogP) is -0.0512. The summed E-state index contributed by atoms with van der Waals surface area (Å²) in [4.78, 5) is 12.8. The molecule has 0 aromatic rings. The second-order valence-corrected chi connectivity index (χ2v) is 3.26. The van der Waals surface area contributed by atoms with E-state index in [4.69, 9.17) is 5.11 Å². The van der Waals surface area contributed by atoms with Gasteiger partial charge in [0.25, 0.3) is 0 Å². The van der Waals surface area contributed by atoms with Crippen LogP contribution in [-0.2, 0) is 4.79 Å².